The van der Waals surface area contributed by atoms with Gasteiger partial charge in [0.1, 0.15) is 11.5 Å². The van der Waals surface area contributed by atoms with Gasteiger partial charge < -0.3 is 15.2 Å². The van der Waals surface area contributed by atoms with Crippen molar-refractivity contribution in [2.24, 2.45) is 0 Å². The van der Waals surface area contributed by atoms with Crippen molar-refractivity contribution in [1.29, 1.82) is 0 Å². The number of thiocarbonyl (C=S) groups is 1. The van der Waals surface area contributed by atoms with Gasteiger partial charge in [-0.15, -0.1) is 0 Å². The van der Waals surface area contributed by atoms with Crippen molar-refractivity contribution in [2.45, 2.75) is 0 Å². The predicted molar refractivity (Wildman–Crippen MR) is 97.5 cm³/mol. The van der Waals surface area contributed by atoms with Gasteiger partial charge in [-0.1, -0.05) is 0 Å². The molecule has 3 N–H and O–H groups in total. The zero-order valence-corrected chi connectivity index (χ0v) is 14.6. The first kappa shape index (κ1) is 16.5. The molecule has 2 rings (SSSR count). The molecule has 0 unspecified atom stereocenters. The maximum atomic E-state index is 12.0. The number of nitrogens with one attached hydrogen (secondary N) is 2. The van der Waals surface area contributed by atoms with Gasteiger partial charge in [0, 0.05) is 15.2 Å². The number of halogens is 1. The van der Waals surface area contributed by atoms with Crippen LogP contribution in [0.25, 0.3) is 0 Å². The Balaban J connectivity index is 2.04. The van der Waals surface area contributed by atoms with Gasteiger partial charge in [-0.05, 0) is 71.2 Å². The molecule has 0 aromatic heterocycles. The Bertz CT molecular complexity index is 704. The highest BCUT2D eigenvalue weighted by atomic mass is 127. The van der Waals surface area contributed by atoms with Gasteiger partial charge in [-0.3, -0.25) is 10.1 Å². The summed E-state index contributed by atoms with van der Waals surface area (Å²) in [5, 5.41) is 15.2. The molecular weight excluding hydrogens is 415 g/mol. The molecule has 2 aromatic carbocycles. The lowest BCUT2D eigenvalue weighted by molar-refractivity contribution is 0.0977. The van der Waals surface area contributed by atoms with E-state index in [0.717, 1.165) is 3.57 Å². The molecule has 0 saturated carbocycles. The molecule has 7 heteroatoms. The summed E-state index contributed by atoms with van der Waals surface area (Å²) in [6.07, 6.45) is 0. The molecule has 0 radical (unpaired) electrons. The van der Waals surface area contributed by atoms with Gasteiger partial charge in [-0.25, -0.2) is 0 Å². The van der Waals surface area contributed by atoms with Crippen molar-refractivity contribution in [3.63, 3.8) is 0 Å². The van der Waals surface area contributed by atoms with E-state index in [2.05, 4.69) is 33.2 Å². The fourth-order valence-corrected chi connectivity index (χ4v) is 2.23. The molecular formula is C15H13IN2O3S. The van der Waals surface area contributed by atoms with Crippen molar-refractivity contribution in [3.8, 4) is 11.5 Å². The number of amides is 1. The van der Waals surface area contributed by atoms with Crippen molar-refractivity contribution in [2.75, 3.05) is 12.4 Å². The first-order chi connectivity index (χ1) is 10.5. The molecule has 114 valence electrons. The number of hydrogen-bond donors (Lipinski definition) is 3. The number of methoxy groups -OCH3 is 1. The van der Waals surface area contributed by atoms with E-state index in [0.29, 0.717) is 17.0 Å². The number of benzene rings is 2. The highest BCUT2D eigenvalue weighted by molar-refractivity contribution is 14.1. The fraction of sp³-hybridized carbons (Fsp3) is 0.0667. The lowest BCUT2D eigenvalue weighted by atomic mass is 10.2. The molecule has 0 heterocycles. The number of rotatable bonds is 3. The first-order valence-electron chi connectivity index (χ1n) is 6.24. The van der Waals surface area contributed by atoms with E-state index in [9.17, 15) is 9.90 Å². The molecule has 0 aliphatic heterocycles. The van der Waals surface area contributed by atoms with Crippen molar-refractivity contribution in [3.05, 3.63) is 51.6 Å². The number of phenols is 1. The molecule has 1 amide bonds. The van der Waals surface area contributed by atoms with Crippen LogP contribution in [-0.4, -0.2) is 23.2 Å². The monoisotopic (exact) mass is 428 g/mol. The second-order valence-electron chi connectivity index (χ2n) is 4.30. The smallest absolute Gasteiger partial charge is 0.257 e. The summed E-state index contributed by atoms with van der Waals surface area (Å²) >= 11 is 7.24. The van der Waals surface area contributed by atoms with Crippen LogP contribution in [0.2, 0.25) is 0 Å². The normalized spacial score (nSPS) is 9.91. The number of hydrogen-bond acceptors (Lipinski definition) is 4. The number of phenolic OH excluding ortho intramolecular Hbond substituents is 1. The van der Waals surface area contributed by atoms with E-state index in [1.165, 1.54) is 13.2 Å². The van der Waals surface area contributed by atoms with Crippen LogP contribution in [-0.2, 0) is 0 Å². The van der Waals surface area contributed by atoms with Gasteiger partial charge in [0.25, 0.3) is 5.91 Å². The minimum atomic E-state index is -0.323. The van der Waals surface area contributed by atoms with Crippen LogP contribution < -0.4 is 15.4 Å². The minimum Gasteiger partial charge on any atom is -0.506 e. The Kier molecular flexibility index (Phi) is 5.56. The third kappa shape index (κ3) is 4.31. The van der Waals surface area contributed by atoms with Crippen LogP contribution in [0.1, 0.15) is 10.4 Å². The van der Waals surface area contributed by atoms with Crippen LogP contribution in [0.15, 0.2) is 42.5 Å². The topological polar surface area (TPSA) is 70.6 Å². The SMILES string of the molecule is COc1ccc(O)c(NC(=S)NC(=O)c2ccc(I)cc2)c1. The van der Waals surface area contributed by atoms with Gasteiger partial charge in [0.15, 0.2) is 5.11 Å². The third-order valence-corrected chi connectivity index (χ3v) is 3.71. The van der Waals surface area contributed by atoms with E-state index in [4.69, 9.17) is 17.0 Å². The van der Waals surface area contributed by atoms with Crippen molar-refractivity contribution in [1.82, 2.24) is 5.32 Å². The molecule has 22 heavy (non-hydrogen) atoms. The Morgan fingerprint density at radius 3 is 2.55 bits per heavy atom. The van der Waals surface area contributed by atoms with Gasteiger partial charge in [0.2, 0.25) is 0 Å². The molecule has 0 fully saturated rings. The lowest BCUT2D eigenvalue weighted by Crippen LogP contribution is -2.34. The van der Waals surface area contributed by atoms with Crippen LogP contribution in [0, 0.1) is 3.57 Å². The molecule has 0 bridgehead atoms. The highest BCUT2D eigenvalue weighted by Crippen LogP contribution is 2.27. The Morgan fingerprint density at radius 1 is 1.23 bits per heavy atom. The van der Waals surface area contributed by atoms with Crippen LogP contribution in [0.4, 0.5) is 5.69 Å². The summed E-state index contributed by atoms with van der Waals surface area (Å²) < 4.78 is 6.11. The van der Waals surface area contributed by atoms with E-state index < -0.39 is 0 Å². The largest absolute Gasteiger partial charge is 0.506 e. The molecule has 0 saturated heterocycles. The van der Waals surface area contributed by atoms with E-state index in [1.807, 2.05) is 12.1 Å². The van der Waals surface area contributed by atoms with Crippen LogP contribution in [0.3, 0.4) is 0 Å². The highest BCUT2D eigenvalue weighted by Gasteiger charge is 2.10. The van der Waals surface area contributed by atoms with E-state index in [-0.39, 0.29) is 16.8 Å². The van der Waals surface area contributed by atoms with Crippen LogP contribution in [0.5, 0.6) is 11.5 Å². The Hall–Kier alpha value is -1.87. The Morgan fingerprint density at radius 2 is 1.91 bits per heavy atom. The maximum absolute atomic E-state index is 12.0. The average Bonchev–Trinajstić information content (AvgIpc) is 2.50. The average molecular weight is 428 g/mol. The summed E-state index contributed by atoms with van der Waals surface area (Å²) in [5.74, 6) is 0.245. The number of aromatic hydroxyl groups is 1. The molecule has 0 aliphatic rings. The number of ether oxygens (including phenoxy) is 1. The lowest BCUT2D eigenvalue weighted by Gasteiger charge is -2.12. The van der Waals surface area contributed by atoms with Gasteiger partial charge >= 0.3 is 0 Å². The molecule has 2 aromatic rings. The van der Waals surface area contributed by atoms with Crippen molar-refractivity contribution >= 4 is 51.5 Å². The Labute approximate surface area is 146 Å². The predicted octanol–water partition coefficient (Wildman–Crippen LogP) is 3.13. The fourth-order valence-electron chi connectivity index (χ4n) is 1.67. The van der Waals surface area contributed by atoms with E-state index >= 15 is 0 Å². The number of carbonyl (C=O) groups is 1. The molecule has 0 spiro atoms. The van der Waals surface area contributed by atoms with Gasteiger partial charge in [-0.2, -0.15) is 0 Å². The minimum absolute atomic E-state index is 0.00617. The summed E-state index contributed by atoms with van der Waals surface area (Å²) in [7, 11) is 1.52. The van der Waals surface area contributed by atoms with Crippen LogP contribution >= 0.6 is 34.8 Å². The molecule has 0 aliphatic carbocycles. The number of carbonyl (C=O) groups excluding carboxylic acids is 1. The summed E-state index contributed by atoms with van der Waals surface area (Å²) in [6, 6.07) is 11.8. The second-order valence-corrected chi connectivity index (χ2v) is 5.95. The molecule has 5 nitrogen and oxygen atoms in total. The van der Waals surface area contributed by atoms with E-state index in [1.54, 1.807) is 24.3 Å². The summed E-state index contributed by atoms with van der Waals surface area (Å²) in [5.41, 5.74) is 0.853. The summed E-state index contributed by atoms with van der Waals surface area (Å²) in [4.78, 5) is 12.0. The second kappa shape index (κ2) is 7.41. The quantitative estimate of drug-likeness (QED) is 0.398. The summed E-state index contributed by atoms with van der Waals surface area (Å²) in [6.45, 7) is 0. The van der Waals surface area contributed by atoms with Gasteiger partial charge in [0.05, 0.1) is 12.8 Å². The first-order valence-corrected chi connectivity index (χ1v) is 7.73. The maximum Gasteiger partial charge on any atom is 0.257 e. The number of anilines is 1. The molecule has 0 atom stereocenters. The standard InChI is InChI=1S/C15H13IN2O3S/c1-21-11-6-7-13(19)12(8-11)17-15(22)18-14(20)9-2-4-10(16)5-3-9/h2-8,19H,1H3,(H2,17,18,20,22). The third-order valence-electron chi connectivity index (χ3n) is 2.79. The zero-order chi connectivity index (χ0) is 16.1. The van der Waals surface area contributed by atoms with Crippen molar-refractivity contribution < 1.29 is 14.6 Å². The zero-order valence-electron chi connectivity index (χ0n) is 11.6.